The molecule has 1 atom stereocenters. The zero-order valence-corrected chi connectivity index (χ0v) is 26.8. The van der Waals surface area contributed by atoms with Crippen LogP contribution in [0.15, 0.2) is 66.7 Å². The van der Waals surface area contributed by atoms with Gasteiger partial charge in [0.05, 0.1) is 19.1 Å². The van der Waals surface area contributed by atoms with E-state index < -0.39 is 28.5 Å². The van der Waals surface area contributed by atoms with Crippen molar-refractivity contribution in [2.75, 3.05) is 30.8 Å². The fourth-order valence-electron chi connectivity index (χ4n) is 4.42. The monoisotopic (exact) mass is 633 g/mol. The van der Waals surface area contributed by atoms with Gasteiger partial charge in [-0.3, -0.25) is 13.9 Å². The standard InChI is InChI=1S/C31H37Cl2N3O5S/c1-21(2)18-34-31(38)28(17-23-10-7-6-8-11-23)35(19-24-25(32)12-9-13-26(24)33)30(37)20-36(42(5,39)40)27-16-22(3)14-15-29(27)41-4/h6-16,21,28H,17-20H2,1-5H3,(H,34,38)/t28-/m0/s1. The van der Waals surface area contributed by atoms with Crippen LogP contribution in [0.5, 0.6) is 5.75 Å². The number of nitrogens with one attached hydrogen (secondary N) is 1. The predicted molar refractivity (Wildman–Crippen MR) is 169 cm³/mol. The van der Waals surface area contributed by atoms with E-state index in [1.807, 2.05) is 51.1 Å². The summed E-state index contributed by atoms with van der Waals surface area (Å²) in [5.41, 5.74) is 2.27. The molecule has 0 saturated heterocycles. The minimum atomic E-state index is -3.96. The number of methoxy groups -OCH3 is 1. The molecule has 1 N–H and O–H groups in total. The van der Waals surface area contributed by atoms with Crippen molar-refractivity contribution in [1.29, 1.82) is 0 Å². The van der Waals surface area contributed by atoms with E-state index in [0.717, 1.165) is 21.7 Å². The molecular weight excluding hydrogens is 597 g/mol. The first-order valence-corrected chi connectivity index (χ1v) is 16.1. The zero-order valence-electron chi connectivity index (χ0n) is 24.4. The molecule has 0 radical (unpaired) electrons. The van der Waals surface area contributed by atoms with E-state index in [1.165, 1.54) is 12.0 Å². The molecule has 0 heterocycles. The lowest BCUT2D eigenvalue weighted by Crippen LogP contribution is -2.53. The second-order valence-electron chi connectivity index (χ2n) is 10.5. The van der Waals surface area contributed by atoms with E-state index in [9.17, 15) is 18.0 Å². The molecule has 3 aromatic carbocycles. The van der Waals surface area contributed by atoms with Crippen molar-refractivity contribution in [3.05, 3.63) is 93.5 Å². The Bertz CT molecular complexity index is 1480. The van der Waals surface area contributed by atoms with Gasteiger partial charge in [0.25, 0.3) is 0 Å². The lowest BCUT2D eigenvalue weighted by molar-refractivity contribution is -0.140. The molecule has 0 aliphatic carbocycles. The van der Waals surface area contributed by atoms with Gasteiger partial charge in [0.1, 0.15) is 18.3 Å². The van der Waals surface area contributed by atoms with Gasteiger partial charge in [-0.25, -0.2) is 8.42 Å². The fourth-order valence-corrected chi connectivity index (χ4v) is 5.78. The number of halogens is 2. The molecule has 2 amide bonds. The number of anilines is 1. The number of ether oxygens (including phenoxy) is 1. The number of sulfonamides is 1. The third-order valence-corrected chi connectivity index (χ3v) is 8.46. The van der Waals surface area contributed by atoms with Crippen LogP contribution >= 0.6 is 23.2 Å². The summed E-state index contributed by atoms with van der Waals surface area (Å²) in [7, 11) is -2.53. The number of hydrogen-bond donors (Lipinski definition) is 1. The number of rotatable bonds is 13. The van der Waals surface area contributed by atoms with Crippen LogP contribution in [0.1, 0.15) is 30.5 Å². The summed E-state index contributed by atoms with van der Waals surface area (Å²) >= 11 is 13.0. The van der Waals surface area contributed by atoms with Gasteiger partial charge in [-0.2, -0.15) is 0 Å². The van der Waals surface area contributed by atoms with E-state index >= 15 is 0 Å². The molecule has 226 valence electrons. The summed E-state index contributed by atoms with van der Waals surface area (Å²) in [4.78, 5) is 29.4. The lowest BCUT2D eigenvalue weighted by atomic mass is 10.0. The van der Waals surface area contributed by atoms with Crippen molar-refractivity contribution < 1.29 is 22.7 Å². The van der Waals surface area contributed by atoms with Crippen molar-refractivity contribution in [2.45, 2.75) is 39.8 Å². The molecule has 8 nitrogen and oxygen atoms in total. The maximum atomic E-state index is 14.3. The van der Waals surface area contributed by atoms with Crippen molar-refractivity contribution in [1.82, 2.24) is 10.2 Å². The number of carbonyl (C=O) groups excluding carboxylic acids is 2. The van der Waals surface area contributed by atoms with Crippen molar-refractivity contribution in [3.8, 4) is 5.75 Å². The van der Waals surface area contributed by atoms with E-state index in [0.29, 0.717) is 22.2 Å². The first-order chi connectivity index (χ1) is 19.8. The predicted octanol–water partition coefficient (Wildman–Crippen LogP) is 5.49. The minimum absolute atomic E-state index is 0.119. The average Bonchev–Trinajstić information content (AvgIpc) is 2.93. The Morgan fingerprint density at radius 3 is 2.19 bits per heavy atom. The summed E-state index contributed by atoms with van der Waals surface area (Å²) in [6.07, 6.45) is 1.21. The highest BCUT2D eigenvalue weighted by Gasteiger charge is 2.34. The van der Waals surface area contributed by atoms with Gasteiger partial charge in [-0.1, -0.05) is 79.5 Å². The molecule has 11 heteroatoms. The number of hydrogen-bond acceptors (Lipinski definition) is 5. The summed E-state index contributed by atoms with van der Waals surface area (Å²) in [6, 6.07) is 18.4. The molecule has 0 aromatic heterocycles. The number of aryl methyl sites for hydroxylation is 1. The molecule has 0 spiro atoms. The summed E-state index contributed by atoms with van der Waals surface area (Å²) < 4.78 is 32.6. The second-order valence-corrected chi connectivity index (χ2v) is 13.2. The maximum absolute atomic E-state index is 14.3. The summed E-state index contributed by atoms with van der Waals surface area (Å²) in [5.74, 6) is -0.526. The molecule has 0 unspecified atom stereocenters. The van der Waals surface area contributed by atoms with Crippen molar-refractivity contribution in [3.63, 3.8) is 0 Å². The van der Waals surface area contributed by atoms with Crippen LogP contribution in [0.25, 0.3) is 0 Å². The van der Waals surface area contributed by atoms with Gasteiger partial charge >= 0.3 is 0 Å². The quantitative estimate of drug-likeness (QED) is 0.269. The Morgan fingerprint density at radius 1 is 0.976 bits per heavy atom. The van der Waals surface area contributed by atoms with E-state index in [-0.39, 0.29) is 36.2 Å². The van der Waals surface area contributed by atoms with E-state index in [2.05, 4.69) is 5.32 Å². The van der Waals surface area contributed by atoms with Crippen LogP contribution in [0.2, 0.25) is 10.0 Å². The highest BCUT2D eigenvalue weighted by molar-refractivity contribution is 7.92. The Kier molecular flexibility index (Phi) is 11.7. The molecule has 0 bridgehead atoms. The lowest BCUT2D eigenvalue weighted by Gasteiger charge is -2.34. The molecule has 0 aliphatic heterocycles. The van der Waals surface area contributed by atoms with Gasteiger partial charge in [0.2, 0.25) is 21.8 Å². The van der Waals surface area contributed by atoms with Gasteiger partial charge in [-0.05, 0) is 48.2 Å². The fraction of sp³-hybridized carbons (Fsp3) is 0.355. The van der Waals surface area contributed by atoms with Crippen LogP contribution in [0, 0.1) is 12.8 Å². The third kappa shape index (κ3) is 8.86. The molecule has 0 aliphatic rings. The number of benzene rings is 3. The van der Waals surface area contributed by atoms with Crippen LogP contribution in [0.3, 0.4) is 0 Å². The van der Waals surface area contributed by atoms with Crippen LogP contribution in [-0.2, 0) is 32.6 Å². The third-order valence-electron chi connectivity index (χ3n) is 6.63. The van der Waals surface area contributed by atoms with Gasteiger partial charge in [-0.15, -0.1) is 0 Å². The molecule has 3 rings (SSSR count). The van der Waals surface area contributed by atoms with E-state index in [4.69, 9.17) is 27.9 Å². The Balaban J connectivity index is 2.14. The van der Waals surface area contributed by atoms with Crippen LogP contribution < -0.4 is 14.4 Å². The first kappa shape index (κ1) is 33.2. The SMILES string of the molecule is COc1ccc(C)cc1N(CC(=O)N(Cc1c(Cl)cccc1Cl)[C@@H](Cc1ccccc1)C(=O)NCC(C)C)S(C)(=O)=O. The van der Waals surface area contributed by atoms with Crippen molar-refractivity contribution in [2.24, 2.45) is 5.92 Å². The smallest absolute Gasteiger partial charge is 0.244 e. The Morgan fingerprint density at radius 2 is 1.62 bits per heavy atom. The topological polar surface area (TPSA) is 96.0 Å². The average molecular weight is 635 g/mol. The molecule has 0 saturated carbocycles. The highest BCUT2D eigenvalue weighted by atomic mass is 35.5. The van der Waals surface area contributed by atoms with Crippen molar-refractivity contribution >= 4 is 50.7 Å². The minimum Gasteiger partial charge on any atom is -0.495 e. The van der Waals surface area contributed by atoms with Gasteiger partial charge in [0, 0.05) is 35.1 Å². The highest BCUT2D eigenvalue weighted by Crippen LogP contribution is 2.32. The largest absolute Gasteiger partial charge is 0.495 e. The Hall–Kier alpha value is -3.27. The number of amides is 2. The normalized spacial score (nSPS) is 12.1. The number of carbonyl (C=O) groups is 2. The Labute approximate surface area is 258 Å². The van der Waals surface area contributed by atoms with Crippen LogP contribution in [0.4, 0.5) is 5.69 Å². The molecule has 0 fully saturated rings. The summed E-state index contributed by atoms with van der Waals surface area (Å²) in [6.45, 7) is 5.45. The zero-order chi connectivity index (χ0) is 31.0. The van der Waals surface area contributed by atoms with E-state index in [1.54, 1.807) is 36.4 Å². The first-order valence-electron chi connectivity index (χ1n) is 13.5. The summed E-state index contributed by atoms with van der Waals surface area (Å²) in [5, 5.41) is 3.59. The molecule has 42 heavy (non-hydrogen) atoms. The van der Waals surface area contributed by atoms with Gasteiger partial charge in [0.15, 0.2) is 0 Å². The van der Waals surface area contributed by atoms with Gasteiger partial charge < -0.3 is 15.0 Å². The molecule has 3 aromatic rings. The second kappa shape index (κ2) is 14.8. The number of nitrogens with zero attached hydrogens (tertiary/aromatic N) is 2. The van der Waals surface area contributed by atoms with Crippen LogP contribution in [-0.4, -0.2) is 57.6 Å². The maximum Gasteiger partial charge on any atom is 0.244 e. The molecular formula is C31H37Cl2N3O5S.